The Bertz CT molecular complexity index is 2300. The molecule has 8 rings (SSSR count). The number of aromatic nitrogens is 3. The van der Waals surface area contributed by atoms with Crippen molar-refractivity contribution in [2.24, 2.45) is 5.92 Å². The van der Waals surface area contributed by atoms with Gasteiger partial charge >= 0.3 is 0 Å². The number of hydrogen-bond donors (Lipinski definition) is 1. The fraction of sp³-hybridized carbons (Fsp3) is 0.189. The van der Waals surface area contributed by atoms with Crippen LogP contribution in [0.4, 0.5) is 16.6 Å². The van der Waals surface area contributed by atoms with Crippen LogP contribution in [0, 0.1) is 5.92 Å². The molecular formula is C37H30N6O4S. The molecule has 0 saturated carbocycles. The van der Waals surface area contributed by atoms with Crippen molar-refractivity contribution in [3.8, 4) is 28.1 Å². The van der Waals surface area contributed by atoms with Crippen molar-refractivity contribution in [2.75, 3.05) is 35.4 Å². The number of carbonyl (C=O) groups excluding carboxylic acids is 3. The summed E-state index contributed by atoms with van der Waals surface area (Å²) in [4.78, 5) is 58.2. The van der Waals surface area contributed by atoms with Crippen LogP contribution < -0.4 is 30.3 Å². The minimum atomic E-state index is -1.14. The van der Waals surface area contributed by atoms with Crippen LogP contribution in [0.2, 0.25) is 0 Å². The summed E-state index contributed by atoms with van der Waals surface area (Å²) in [7, 11) is 1.61. The Labute approximate surface area is 280 Å². The third kappa shape index (κ3) is 4.61. The van der Waals surface area contributed by atoms with Gasteiger partial charge in [-0.25, -0.2) is 15.0 Å². The van der Waals surface area contributed by atoms with Gasteiger partial charge < -0.3 is 19.9 Å². The molecule has 3 aromatic carbocycles. The van der Waals surface area contributed by atoms with Crippen LogP contribution in [0.25, 0.3) is 34.5 Å². The largest absolute Gasteiger partial charge is 0.497 e. The number of nitrogens with one attached hydrogen (secondary N) is 1. The molecule has 5 aromatic rings. The van der Waals surface area contributed by atoms with Crippen LogP contribution >= 0.6 is 11.3 Å². The molecule has 1 amide bonds. The van der Waals surface area contributed by atoms with E-state index in [0.29, 0.717) is 22.2 Å². The summed E-state index contributed by atoms with van der Waals surface area (Å²) in [5, 5.41) is 6.98. The van der Waals surface area contributed by atoms with E-state index >= 15 is 0 Å². The van der Waals surface area contributed by atoms with E-state index < -0.39 is 11.5 Å². The Morgan fingerprint density at radius 3 is 2.73 bits per heavy atom. The number of Topliss-reactive ketones (excluding diaryl/α,β-unsaturated/α-hetero) is 2. The number of ketones is 2. The number of fused-ring (bicyclic) bond motifs is 6. The van der Waals surface area contributed by atoms with E-state index in [1.54, 1.807) is 19.4 Å². The van der Waals surface area contributed by atoms with E-state index in [0.717, 1.165) is 44.1 Å². The van der Waals surface area contributed by atoms with Crippen molar-refractivity contribution < 1.29 is 19.1 Å². The molecule has 11 heteroatoms. The highest BCUT2D eigenvalue weighted by molar-refractivity contribution is 7.14. The number of anilines is 3. The third-order valence-electron chi connectivity index (χ3n) is 9.45. The first-order valence-corrected chi connectivity index (χ1v) is 16.4. The van der Waals surface area contributed by atoms with Crippen molar-refractivity contribution in [3.63, 3.8) is 0 Å². The fourth-order valence-electron chi connectivity index (χ4n) is 7.08. The maximum atomic E-state index is 14.3. The predicted octanol–water partition coefficient (Wildman–Crippen LogP) is 4.39. The second-order valence-electron chi connectivity index (χ2n) is 12.3. The summed E-state index contributed by atoms with van der Waals surface area (Å²) in [5.74, 6) is 0.538. The highest BCUT2D eigenvalue weighted by Crippen LogP contribution is 2.44. The first-order valence-electron chi connectivity index (χ1n) is 15.5. The van der Waals surface area contributed by atoms with Crippen molar-refractivity contribution in [1.29, 1.82) is 0 Å². The van der Waals surface area contributed by atoms with E-state index in [-0.39, 0.29) is 30.7 Å². The van der Waals surface area contributed by atoms with Gasteiger partial charge in [-0.1, -0.05) is 61.5 Å². The molecule has 10 nitrogen and oxygen atoms in total. The van der Waals surface area contributed by atoms with Gasteiger partial charge in [0, 0.05) is 22.4 Å². The topological polar surface area (TPSA) is 118 Å². The Morgan fingerprint density at radius 2 is 1.90 bits per heavy atom. The molecule has 0 radical (unpaired) electrons. The molecule has 2 aliphatic carbocycles. The van der Waals surface area contributed by atoms with Gasteiger partial charge in [0.2, 0.25) is 5.91 Å². The Hall–Kier alpha value is -5.68. The summed E-state index contributed by atoms with van der Waals surface area (Å²) in [6, 6.07) is 19.2. The van der Waals surface area contributed by atoms with Crippen LogP contribution in [-0.2, 0) is 15.1 Å². The molecular weight excluding hydrogens is 625 g/mol. The van der Waals surface area contributed by atoms with Gasteiger partial charge in [0.1, 0.15) is 23.3 Å². The van der Waals surface area contributed by atoms with Crippen molar-refractivity contribution in [3.05, 3.63) is 100 Å². The van der Waals surface area contributed by atoms with Crippen molar-refractivity contribution in [2.45, 2.75) is 19.4 Å². The quantitative estimate of drug-likeness (QED) is 0.285. The molecule has 3 aliphatic rings. The second-order valence-corrected chi connectivity index (χ2v) is 13.1. The molecule has 2 aromatic heterocycles. The second kappa shape index (κ2) is 11.2. The molecule has 48 heavy (non-hydrogen) atoms. The summed E-state index contributed by atoms with van der Waals surface area (Å²) in [5.41, 5.74) is 4.43. The standard InChI is InChI=1S/C37H30N6O4S/c1-21-13-28-27-15-32(44)26-10-5-4-9-24(26)25(27)11-12-29(28)37(2,34(21)46)43-20-42(31-16-38-19-39-35(31)43)17-33(45)41-36-40-30(18-48-36)22-7-6-8-23(14-22)47-3/h4-16,18-19,21H,17,20H2,1-3H3,(H,40,41,45). The van der Waals surface area contributed by atoms with Gasteiger partial charge in [-0.15, -0.1) is 11.3 Å². The predicted molar refractivity (Wildman–Crippen MR) is 185 cm³/mol. The summed E-state index contributed by atoms with van der Waals surface area (Å²) >= 11 is 1.34. The molecule has 2 atom stereocenters. The van der Waals surface area contributed by atoms with Gasteiger partial charge in [0.05, 0.1) is 32.2 Å². The minimum absolute atomic E-state index is 0.00112. The van der Waals surface area contributed by atoms with E-state index in [9.17, 15) is 14.4 Å². The molecule has 1 N–H and O–H groups in total. The first kappa shape index (κ1) is 29.7. The SMILES string of the molecule is COc1cccc(-c2csc(NC(=O)CN3CN(C4(C)C(=O)C(C)C=c5c4ccc4c5=CC(=O)c5ccccc5-4)c4ncncc43)n2)c1. The van der Waals surface area contributed by atoms with Crippen molar-refractivity contribution in [1.82, 2.24) is 15.0 Å². The minimum Gasteiger partial charge on any atom is -0.497 e. The van der Waals surface area contributed by atoms with Crippen LogP contribution in [0.1, 0.15) is 29.8 Å². The van der Waals surface area contributed by atoms with E-state index in [4.69, 9.17) is 4.74 Å². The maximum Gasteiger partial charge on any atom is 0.245 e. The van der Waals surface area contributed by atoms with E-state index in [1.165, 1.54) is 17.7 Å². The number of nitrogens with zero attached hydrogens (tertiary/aromatic N) is 5. The van der Waals surface area contributed by atoms with Gasteiger partial charge in [-0.3, -0.25) is 14.4 Å². The van der Waals surface area contributed by atoms with Crippen LogP contribution in [0.5, 0.6) is 5.75 Å². The zero-order valence-corrected chi connectivity index (χ0v) is 27.2. The lowest BCUT2D eigenvalue weighted by Gasteiger charge is -2.42. The highest BCUT2D eigenvalue weighted by atomic mass is 32.1. The zero-order valence-electron chi connectivity index (χ0n) is 26.4. The number of carbonyl (C=O) groups is 3. The maximum absolute atomic E-state index is 14.3. The normalized spacial score (nSPS) is 19.0. The smallest absolute Gasteiger partial charge is 0.245 e. The molecule has 0 fully saturated rings. The van der Waals surface area contributed by atoms with Gasteiger partial charge in [-0.05, 0) is 52.3 Å². The number of rotatable bonds is 6. The Balaban J connectivity index is 1.11. The molecule has 3 heterocycles. The van der Waals surface area contributed by atoms with Gasteiger partial charge in [-0.2, -0.15) is 0 Å². The molecule has 0 saturated heterocycles. The average molecular weight is 655 g/mol. The Morgan fingerprint density at radius 1 is 1.06 bits per heavy atom. The number of thiazole rings is 1. The first-order chi connectivity index (χ1) is 23.3. The third-order valence-corrected chi connectivity index (χ3v) is 10.2. The summed E-state index contributed by atoms with van der Waals surface area (Å²) < 4.78 is 5.33. The highest BCUT2D eigenvalue weighted by Gasteiger charge is 2.50. The summed E-state index contributed by atoms with van der Waals surface area (Å²) in [6.07, 6.45) is 6.77. The number of hydrogen-bond acceptors (Lipinski definition) is 10. The van der Waals surface area contributed by atoms with Crippen molar-refractivity contribution >= 4 is 57.6 Å². The van der Waals surface area contributed by atoms with Crippen LogP contribution in [0.15, 0.2) is 78.6 Å². The lowest BCUT2D eigenvalue weighted by molar-refractivity contribution is -0.126. The van der Waals surface area contributed by atoms with E-state index in [2.05, 4.69) is 20.3 Å². The number of amides is 1. The van der Waals surface area contributed by atoms with Gasteiger partial charge in [0.25, 0.3) is 0 Å². The van der Waals surface area contributed by atoms with E-state index in [1.807, 2.05) is 95.8 Å². The molecule has 0 bridgehead atoms. The lowest BCUT2D eigenvalue weighted by Crippen LogP contribution is -2.59. The van der Waals surface area contributed by atoms with Crippen LogP contribution in [0.3, 0.4) is 0 Å². The molecule has 1 aliphatic heterocycles. The summed E-state index contributed by atoms with van der Waals surface area (Å²) in [6.45, 7) is 4.02. The lowest BCUT2D eigenvalue weighted by atomic mass is 9.73. The zero-order chi connectivity index (χ0) is 33.2. The fourth-order valence-corrected chi connectivity index (χ4v) is 7.82. The average Bonchev–Trinajstić information content (AvgIpc) is 3.72. The number of methoxy groups -OCH3 is 1. The van der Waals surface area contributed by atoms with Gasteiger partial charge in [0.15, 0.2) is 22.5 Å². The monoisotopic (exact) mass is 654 g/mol. The Kier molecular flexibility index (Phi) is 6.95. The molecule has 0 spiro atoms. The molecule has 238 valence electrons. The number of benzene rings is 3. The van der Waals surface area contributed by atoms with Crippen LogP contribution in [-0.4, -0.2) is 52.7 Å². The number of ether oxygens (including phenoxy) is 1. The molecule has 2 unspecified atom stereocenters.